The highest BCUT2D eigenvalue weighted by Gasteiger charge is 2.20. The van der Waals surface area contributed by atoms with Crippen LogP contribution in [0, 0.1) is 6.92 Å². The fraction of sp³-hybridized carbons (Fsp3) is 0.286. The number of H-pyrrole nitrogens is 1. The molecule has 2 N–H and O–H groups in total. The Labute approximate surface area is 175 Å². The summed E-state index contributed by atoms with van der Waals surface area (Å²) in [4.78, 5) is 31.7. The zero-order valence-corrected chi connectivity index (χ0v) is 17.9. The maximum absolute atomic E-state index is 12.4. The van der Waals surface area contributed by atoms with Crippen LogP contribution in [0.2, 0.25) is 0 Å². The second-order valence-electron chi connectivity index (χ2n) is 7.20. The lowest BCUT2D eigenvalue weighted by Gasteiger charge is -2.15. The molecule has 0 aliphatic carbocycles. The number of hydrogen-bond acceptors (Lipinski definition) is 5. The predicted molar refractivity (Wildman–Crippen MR) is 116 cm³/mol. The largest absolute Gasteiger partial charge is 0.326 e. The van der Waals surface area contributed by atoms with Crippen molar-refractivity contribution in [1.29, 1.82) is 0 Å². The summed E-state index contributed by atoms with van der Waals surface area (Å²) in [6, 6.07) is 11.9. The third kappa shape index (κ3) is 4.74. The number of fused-ring (bicyclic) bond motifs is 1. The molecule has 1 heterocycles. The summed E-state index contributed by atoms with van der Waals surface area (Å²) in [5.74, 6) is 0.288. The Morgan fingerprint density at radius 3 is 2.63 bits per heavy atom. The molecule has 0 radical (unpaired) electrons. The summed E-state index contributed by atoms with van der Waals surface area (Å²) in [6.45, 7) is 1.71. The summed E-state index contributed by atoms with van der Waals surface area (Å²) in [5, 5.41) is 3.26. The van der Waals surface area contributed by atoms with Gasteiger partial charge in [-0.3, -0.25) is 9.59 Å². The van der Waals surface area contributed by atoms with Crippen molar-refractivity contribution in [3.05, 3.63) is 64.2 Å². The summed E-state index contributed by atoms with van der Waals surface area (Å²) >= 11 is 0. The summed E-state index contributed by atoms with van der Waals surface area (Å²) in [5.41, 5.74) is 1.45. The van der Waals surface area contributed by atoms with E-state index < -0.39 is 10.0 Å². The minimum absolute atomic E-state index is 0.156. The molecule has 0 fully saturated rings. The number of aryl methyl sites for hydroxylation is 2. The van der Waals surface area contributed by atoms with Gasteiger partial charge in [0.05, 0.1) is 15.8 Å². The first kappa shape index (κ1) is 21.7. The van der Waals surface area contributed by atoms with Crippen molar-refractivity contribution in [2.45, 2.75) is 31.1 Å². The predicted octanol–water partition coefficient (Wildman–Crippen LogP) is 2.44. The van der Waals surface area contributed by atoms with E-state index in [1.54, 1.807) is 37.3 Å². The number of benzene rings is 2. The first-order valence-electron chi connectivity index (χ1n) is 9.49. The number of carbonyl (C=O) groups excluding carboxylic acids is 1. The van der Waals surface area contributed by atoms with Crippen molar-refractivity contribution in [2.24, 2.45) is 0 Å². The number of rotatable bonds is 7. The van der Waals surface area contributed by atoms with Crippen LogP contribution in [0.15, 0.2) is 52.2 Å². The maximum Gasteiger partial charge on any atom is 0.258 e. The Hall–Kier alpha value is -3.04. The van der Waals surface area contributed by atoms with Crippen LogP contribution < -0.4 is 10.9 Å². The van der Waals surface area contributed by atoms with E-state index >= 15 is 0 Å². The second-order valence-corrected chi connectivity index (χ2v) is 9.32. The molecule has 1 amide bonds. The average Bonchev–Trinajstić information content (AvgIpc) is 2.69. The smallest absolute Gasteiger partial charge is 0.258 e. The van der Waals surface area contributed by atoms with E-state index in [1.807, 2.05) is 6.07 Å². The van der Waals surface area contributed by atoms with Crippen LogP contribution in [0.5, 0.6) is 0 Å². The molecule has 0 atom stereocenters. The molecule has 8 nitrogen and oxygen atoms in total. The Morgan fingerprint density at radius 2 is 1.90 bits per heavy atom. The highest BCUT2D eigenvalue weighted by molar-refractivity contribution is 7.89. The fourth-order valence-electron chi connectivity index (χ4n) is 3.05. The molecule has 0 saturated carbocycles. The van der Waals surface area contributed by atoms with Gasteiger partial charge in [-0.2, -0.15) is 0 Å². The van der Waals surface area contributed by atoms with E-state index in [2.05, 4.69) is 15.3 Å². The number of hydrogen-bond donors (Lipinski definition) is 2. The van der Waals surface area contributed by atoms with E-state index in [1.165, 1.54) is 20.2 Å². The van der Waals surface area contributed by atoms with Gasteiger partial charge in [-0.1, -0.05) is 18.2 Å². The van der Waals surface area contributed by atoms with E-state index in [4.69, 9.17) is 0 Å². The molecule has 1 aromatic heterocycles. The summed E-state index contributed by atoms with van der Waals surface area (Å²) < 4.78 is 26.0. The quantitative estimate of drug-likeness (QED) is 0.600. The molecule has 0 aliphatic heterocycles. The number of nitrogens with zero attached hydrogens (tertiary/aromatic N) is 2. The number of aromatic nitrogens is 2. The Balaban J connectivity index is 1.64. The van der Waals surface area contributed by atoms with Crippen LogP contribution in [0.25, 0.3) is 10.9 Å². The van der Waals surface area contributed by atoms with Crippen molar-refractivity contribution < 1.29 is 13.2 Å². The molecule has 9 heteroatoms. The lowest BCUT2D eigenvalue weighted by Crippen LogP contribution is -2.23. The van der Waals surface area contributed by atoms with Crippen LogP contribution in [0.1, 0.15) is 24.2 Å². The van der Waals surface area contributed by atoms with Crippen molar-refractivity contribution >= 4 is 32.5 Å². The zero-order valence-electron chi connectivity index (χ0n) is 17.1. The van der Waals surface area contributed by atoms with Crippen LogP contribution in [-0.4, -0.2) is 42.7 Å². The van der Waals surface area contributed by atoms with Gasteiger partial charge in [0, 0.05) is 32.6 Å². The van der Waals surface area contributed by atoms with E-state index in [0.29, 0.717) is 40.8 Å². The number of sulfonamides is 1. The molecule has 2 aromatic carbocycles. The van der Waals surface area contributed by atoms with Crippen LogP contribution in [-0.2, 0) is 21.2 Å². The normalized spacial score (nSPS) is 11.7. The minimum atomic E-state index is -3.60. The highest BCUT2D eigenvalue weighted by Crippen LogP contribution is 2.22. The van der Waals surface area contributed by atoms with Gasteiger partial charge < -0.3 is 10.3 Å². The van der Waals surface area contributed by atoms with E-state index in [-0.39, 0.29) is 22.8 Å². The van der Waals surface area contributed by atoms with E-state index in [9.17, 15) is 18.0 Å². The fourth-order valence-corrected chi connectivity index (χ4v) is 4.19. The molecule has 0 bridgehead atoms. The SMILES string of the molecule is Cc1ccc(NC(=O)CCCc2nc3ccccc3c(=O)[nH]2)cc1S(=O)(=O)N(C)C. The molecule has 3 rings (SSSR count). The van der Waals surface area contributed by atoms with E-state index in [0.717, 1.165) is 4.31 Å². The molecular weight excluding hydrogens is 404 g/mol. The van der Waals surface area contributed by atoms with Gasteiger partial charge in [0.15, 0.2) is 0 Å². The van der Waals surface area contributed by atoms with Gasteiger partial charge in [-0.05, 0) is 43.2 Å². The van der Waals surface area contributed by atoms with Gasteiger partial charge in [0.1, 0.15) is 5.82 Å². The second kappa shape index (κ2) is 8.76. The van der Waals surface area contributed by atoms with Crippen molar-refractivity contribution in [3.8, 4) is 0 Å². The lowest BCUT2D eigenvalue weighted by molar-refractivity contribution is -0.116. The number of amides is 1. The third-order valence-corrected chi connectivity index (χ3v) is 6.67. The Bertz CT molecular complexity index is 1250. The molecule has 0 unspecified atom stereocenters. The molecule has 0 spiro atoms. The summed E-state index contributed by atoms with van der Waals surface area (Å²) in [7, 11) is -0.674. The van der Waals surface area contributed by atoms with Gasteiger partial charge >= 0.3 is 0 Å². The maximum atomic E-state index is 12.4. The average molecular weight is 429 g/mol. The number of nitrogens with one attached hydrogen (secondary N) is 2. The van der Waals surface area contributed by atoms with Crippen LogP contribution in [0.3, 0.4) is 0 Å². The molecule has 3 aromatic rings. The molecule has 30 heavy (non-hydrogen) atoms. The van der Waals surface area contributed by atoms with Crippen molar-refractivity contribution in [3.63, 3.8) is 0 Å². The summed E-state index contributed by atoms with van der Waals surface area (Å²) in [6.07, 6.45) is 1.14. The lowest BCUT2D eigenvalue weighted by atomic mass is 10.2. The number of para-hydroxylation sites is 1. The molecule has 158 valence electrons. The van der Waals surface area contributed by atoms with Crippen molar-refractivity contribution in [1.82, 2.24) is 14.3 Å². The zero-order chi connectivity index (χ0) is 21.9. The Morgan fingerprint density at radius 1 is 1.17 bits per heavy atom. The van der Waals surface area contributed by atoms with Gasteiger partial charge in [-0.15, -0.1) is 0 Å². The molecule has 0 aliphatic rings. The molecular formula is C21H24N4O4S. The van der Waals surface area contributed by atoms with Gasteiger partial charge in [0.2, 0.25) is 15.9 Å². The standard InChI is InChI=1S/C21H24N4O4S/c1-14-11-12-15(13-18(14)30(28,29)25(2)3)22-20(26)10-6-9-19-23-17-8-5-4-7-16(17)21(27)24-19/h4-5,7-8,11-13H,6,9-10H2,1-3H3,(H,22,26)(H,23,24,27). The van der Waals surface area contributed by atoms with Gasteiger partial charge in [0.25, 0.3) is 5.56 Å². The van der Waals surface area contributed by atoms with Crippen molar-refractivity contribution in [2.75, 3.05) is 19.4 Å². The first-order valence-corrected chi connectivity index (χ1v) is 10.9. The monoisotopic (exact) mass is 428 g/mol. The first-order chi connectivity index (χ1) is 14.2. The third-order valence-electron chi connectivity index (χ3n) is 4.71. The molecule has 0 saturated heterocycles. The number of anilines is 1. The Kier molecular flexibility index (Phi) is 6.33. The minimum Gasteiger partial charge on any atom is -0.326 e. The number of carbonyl (C=O) groups is 1. The number of aromatic amines is 1. The highest BCUT2D eigenvalue weighted by atomic mass is 32.2. The van der Waals surface area contributed by atoms with Gasteiger partial charge in [-0.25, -0.2) is 17.7 Å². The van der Waals surface area contributed by atoms with Crippen LogP contribution in [0.4, 0.5) is 5.69 Å². The van der Waals surface area contributed by atoms with Crippen LogP contribution >= 0.6 is 0 Å². The topological polar surface area (TPSA) is 112 Å².